The molecule has 2 bridgehead atoms. The van der Waals surface area contributed by atoms with Crippen molar-refractivity contribution < 1.29 is 4.79 Å². The van der Waals surface area contributed by atoms with Gasteiger partial charge in [-0.1, -0.05) is 60.7 Å². The molecule has 3 aliphatic rings. The molecule has 0 aromatic heterocycles. The van der Waals surface area contributed by atoms with Crippen LogP contribution in [0.1, 0.15) is 41.6 Å². The Labute approximate surface area is 137 Å². The van der Waals surface area contributed by atoms with Gasteiger partial charge in [0.25, 0.3) is 0 Å². The minimum absolute atomic E-state index is 0.190. The molecule has 1 saturated carbocycles. The fraction of sp³-hybridized carbons (Fsp3) is 0.318. The predicted molar refractivity (Wildman–Crippen MR) is 92.5 cm³/mol. The van der Waals surface area contributed by atoms with E-state index in [0.29, 0.717) is 24.0 Å². The van der Waals surface area contributed by atoms with Gasteiger partial charge in [0.15, 0.2) is 5.78 Å². The van der Waals surface area contributed by atoms with Crippen molar-refractivity contribution in [3.63, 3.8) is 0 Å². The Morgan fingerprint density at radius 3 is 2.48 bits per heavy atom. The monoisotopic (exact) mass is 300 g/mol. The summed E-state index contributed by atoms with van der Waals surface area (Å²) in [5.74, 6) is 1.66. The van der Waals surface area contributed by atoms with Crippen LogP contribution in [0, 0.1) is 11.8 Å². The molecule has 2 aromatic carbocycles. The average Bonchev–Trinajstić information content (AvgIpc) is 3.20. The molecule has 3 unspecified atom stereocenters. The molecule has 3 atom stereocenters. The van der Waals surface area contributed by atoms with Crippen LogP contribution in [0.2, 0.25) is 0 Å². The molecule has 5 rings (SSSR count). The molecular weight excluding hydrogens is 280 g/mol. The van der Waals surface area contributed by atoms with Crippen molar-refractivity contribution >= 4 is 5.78 Å². The first-order valence-electron chi connectivity index (χ1n) is 8.68. The zero-order valence-electron chi connectivity index (χ0n) is 13.2. The number of allylic oxidation sites excluding steroid dienone is 2. The van der Waals surface area contributed by atoms with E-state index >= 15 is 0 Å². The van der Waals surface area contributed by atoms with E-state index in [1.54, 1.807) is 0 Å². The van der Waals surface area contributed by atoms with Crippen LogP contribution in [0.25, 0.3) is 11.1 Å². The molecule has 3 aliphatic carbocycles. The Morgan fingerprint density at radius 2 is 1.74 bits per heavy atom. The third kappa shape index (κ3) is 1.77. The van der Waals surface area contributed by atoms with E-state index in [-0.39, 0.29) is 5.41 Å². The number of carbonyl (C=O) groups is 1. The fourth-order valence-corrected chi connectivity index (χ4v) is 5.31. The third-order valence-electron chi connectivity index (χ3n) is 6.25. The fourth-order valence-electron chi connectivity index (χ4n) is 5.31. The summed E-state index contributed by atoms with van der Waals surface area (Å²) in [5, 5.41) is 0. The van der Waals surface area contributed by atoms with E-state index in [0.717, 1.165) is 12.0 Å². The number of ketones is 1. The average molecular weight is 300 g/mol. The van der Waals surface area contributed by atoms with Crippen molar-refractivity contribution in [2.24, 2.45) is 11.8 Å². The number of benzene rings is 2. The molecule has 0 aliphatic heterocycles. The zero-order valence-corrected chi connectivity index (χ0v) is 13.2. The normalized spacial score (nSPS) is 30.9. The molecule has 0 amide bonds. The van der Waals surface area contributed by atoms with E-state index in [4.69, 9.17) is 0 Å². The Bertz CT molecular complexity index is 817. The van der Waals surface area contributed by atoms with Crippen LogP contribution in [0.3, 0.4) is 0 Å². The van der Waals surface area contributed by atoms with E-state index in [2.05, 4.69) is 60.7 Å². The maximum absolute atomic E-state index is 12.6. The highest BCUT2D eigenvalue weighted by Gasteiger charge is 2.52. The molecule has 1 spiro atoms. The molecule has 114 valence electrons. The van der Waals surface area contributed by atoms with Crippen molar-refractivity contribution in [2.75, 3.05) is 0 Å². The van der Waals surface area contributed by atoms with Gasteiger partial charge < -0.3 is 0 Å². The molecule has 1 fully saturated rings. The Kier molecular flexibility index (Phi) is 2.70. The number of fused-ring (bicyclic) bond motifs is 5. The van der Waals surface area contributed by atoms with Crippen LogP contribution in [-0.2, 0) is 5.41 Å². The lowest BCUT2D eigenvalue weighted by Gasteiger charge is -2.42. The topological polar surface area (TPSA) is 17.1 Å². The Morgan fingerprint density at radius 1 is 0.913 bits per heavy atom. The summed E-state index contributed by atoms with van der Waals surface area (Å²) in [6.45, 7) is 0. The second-order valence-corrected chi connectivity index (χ2v) is 7.36. The van der Waals surface area contributed by atoms with Crippen molar-refractivity contribution in [1.82, 2.24) is 0 Å². The van der Waals surface area contributed by atoms with Crippen molar-refractivity contribution in [1.29, 1.82) is 0 Å². The lowest BCUT2D eigenvalue weighted by atomic mass is 9.61. The lowest BCUT2D eigenvalue weighted by Crippen LogP contribution is -2.37. The van der Waals surface area contributed by atoms with Gasteiger partial charge in [-0.2, -0.15) is 0 Å². The van der Waals surface area contributed by atoms with Crippen molar-refractivity contribution in [3.05, 3.63) is 71.8 Å². The van der Waals surface area contributed by atoms with Gasteiger partial charge in [0.05, 0.1) is 0 Å². The minimum atomic E-state index is 0.190. The minimum Gasteiger partial charge on any atom is -0.294 e. The number of rotatable bonds is 1. The second-order valence-electron chi connectivity index (χ2n) is 7.36. The standard InChI is InChI=1S/C22H20O/c23-20-11-12-22(14-15-9-10-17(22)13-15)21-18(7-4-8-19(20)21)16-5-2-1-3-6-16/h1-10,15,17H,11-14H2. The van der Waals surface area contributed by atoms with Gasteiger partial charge in [-0.15, -0.1) is 0 Å². The maximum Gasteiger partial charge on any atom is 0.163 e. The number of hydrogen-bond acceptors (Lipinski definition) is 1. The molecule has 0 saturated heterocycles. The number of hydrogen-bond donors (Lipinski definition) is 0. The second kappa shape index (κ2) is 4.67. The number of carbonyl (C=O) groups excluding carboxylic acids is 1. The zero-order chi connectivity index (χ0) is 15.4. The van der Waals surface area contributed by atoms with Crippen LogP contribution < -0.4 is 0 Å². The van der Waals surface area contributed by atoms with Crippen molar-refractivity contribution in [3.8, 4) is 11.1 Å². The summed E-state index contributed by atoms with van der Waals surface area (Å²) in [7, 11) is 0. The largest absolute Gasteiger partial charge is 0.294 e. The SMILES string of the molecule is O=C1CCC2(CC3C=CC2C3)c2c1cccc2-c1ccccc1. The van der Waals surface area contributed by atoms with Crippen molar-refractivity contribution in [2.45, 2.75) is 31.1 Å². The highest BCUT2D eigenvalue weighted by atomic mass is 16.1. The molecule has 1 heteroatoms. The van der Waals surface area contributed by atoms with Crippen LogP contribution in [0.4, 0.5) is 0 Å². The Hall–Kier alpha value is -2.15. The van der Waals surface area contributed by atoms with E-state index in [1.165, 1.54) is 29.5 Å². The van der Waals surface area contributed by atoms with Gasteiger partial charge >= 0.3 is 0 Å². The predicted octanol–water partition coefficient (Wildman–Crippen LogP) is 5.16. The molecule has 2 aromatic rings. The molecule has 1 nitrogen and oxygen atoms in total. The Balaban J connectivity index is 1.79. The molecular formula is C22H20O. The van der Waals surface area contributed by atoms with E-state index in [9.17, 15) is 4.79 Å². The van der Waals surface area contributed by atoms with Crippen LogP contribution in [0.5, 0.6) is 0 Å². The van der Waals surface area contributed by atoms with Crippen LogP contribution in [0.15, 0.2) is 60.7 Å². The van der Waals surface area contributed by atoms with E-state index < -0.39 is 0 Å². The van der Waals surface area contributed by atoms with Gasteiger partial charge in [-0.3, -0.25) is 4.79 Å². The van der Waals surface area contributed by atoms with Gasteiger partial charge in [-0.25, -0.2) is 0 Å². The van der Waals surface area contributed by atoms with Gasteiger partial charge in [0.1, 0.15) is 0 Å². The highest BCUT2D eigenvalue weighted by Crippen LogP contribution is 2.59. The summed E-state index contributed by atoms with van der Waals surface area (Å²) < 4.78 is 0. The quantitative estimate of drug-likeness (QED) is 0.664. The highest BCUT2D eigenvalue weighted by molar-refractivity contribution is 6.01. The maximum atomic E-state index is 12.6. The first-order valence-corrected chi connectivity index (χ1v) is 8.68. The summed E-state index contributed by atoms with van der Waals surface area (Å²) in [6, 6.07) is 16.9. The first-order chi connectivity index (χ1) is 11.3. The summed E-state index contributed by atoms with van der Waals surface area (Å²) in [6.07, 6.45) is 9.05. The molecule has 0 heterocycles. The van der Waals surface area contributed by atoms with E-state index in [1.807, 2.05) is 0 Å². The molecule has 23 heavy (non-hydrogen) atoms. The van der Waals surface area contributed by atoms with Crippen LogP contribution >= 0.6 is 0 Å². The van der Waals surface area contributed by atoms with Gasteiger partial charge in [0.2, 0.25) is 0 Å². The lowest BCUT2D eigenvalue weighted by molar-refractivity contribution is 0.0944. The summed E-state index contributed by atoms with van der Waals surface area (Å²) >= 11 is 0. The first kappa shape index (κ1) is 13.3. The summed E-state index contributed by atoms with van der Waals surface area (Å²) in [5.41, 5.74) is 5.04. The third-order valence-corrected chi connectivity index (χ3v) is 6.25. The van der Waals surface area contributed by atoms with Gasteiger partial charge in [-0.05, 0) is 47.8 Å². The van der Waals surface area contributed by atoms with Crippen LogP contribution in [-0.4, -0.2) is 5.78 Å². The van der Waals surface area contributed by atoms with Gasteiger partial charge in [0, 0.05) is 17.4 Å². The smallest absolute Gasteiger partial charge is 0.163 e. The molecule has 0 N–H and O–H groups in total. The number of Topliss-reactive ketones (excluding diaryl/α,β-unsaturated/α-hetero) is 1. The molecule has 0 radical (unpaired) electrons. The summed E-state index contributed by atoms with van der Waals surface area (Å²) in [4.78, 5) is 12.6.